The van der Waals surface area contributed by atoms with Gasteiger partial charge in [0.15, 0.2) is 12.1 Å². The molecular formula is C31H42N2O11. The number of alkyl carbamates (subject to hydrolysis) is 2. The standard InChI is InChI=1S/C31H42N2O11/c1-30(2,3)43-28(36)32-24(26(34)41-10)17-12-13-21(39-8)19(14-17)23-20(15-18(38-7)16-22(23)40-9)25(27(35)42-11)33-29(37)44-31(4,5)6/h12-16,24-25H,1-11H3,(H,32,36)(H,33,37)/t24-,25+/m1/s1. The molecule has 2 rings (SSSR count). The maximum absolute atomic E-state index is 13.2. The zero-order valence-corrected chi connectivity index (χ0v) is 27.0. The van der Waals surface area contributed by atoms with E-state index in [4.69, 9.17) is 33.2 Å². The molecule has 0 aliphatic heterocycles. The molecule has 0 saturated heterocycles. The largest absolute Gasteiger partial charge is 0.497 e. The van der Waals surface area contributed by atoms with Crippen LogP contribution in [0.4, 0.5) is 9.59 Å². The van der Waals surface area contributed by atoms with Crippen LogP contribution in [0, 0.1) is 0 Å². The van der Waals surface area contributed by atoms with E-state index < -0.39 is 47.4 Å². The quantitative estimate of drug-likeness (QED) is 0.277. The number of rotatable bonds is 10. The molecule has 0 unspecified atom stereocenters. The highest BCUT2D eigenvalue weighted by atomic mass is 16.6. The Morgan fingerprint density at radius 2 is 1.14 bits per heavy atom. The fourth-order valence-corrected chi connectivity index (χ4v) is 4.13. The van der Waals surface area contributed by atoms with Gasteiger partial charge >= 0.3 is 24.1 Å². The number of carbonyl (C=O) groups is 4. The highest BCUT2D eigenvalue weighted by Crippen LogP contribution is 2.45. The molecule has 2 amide bonds. The summed E-state index contributed by atoms with van der Waals surface area (Å²) < 4.78 is 37.6. The van der Waals surface area contributed by atoms with Crippen LogP contribution in [-0.2, 0) is 28.5 Å². The number of amides is 2. The number of ether oxygens (including phenoxy) is 7. The average molecular weight is 619 g/mol. The molecule has 13 nitrogen and oxygen atoms in total. The van der Waals surface area contributed by atoms with Gasteiger partial charge in [-0.1, -0.05) is 6.07 Å². The fourth-order valence-electron chi connectivity index (χ4n) is 4.13. The molecule has 0 radical (unpaired) electrons. The van der Waals surface area contributed by atoms with Gasteiger partial charge in [-0.3, -0.25) is 0 Å². The molecule has 0 fully saturated rings. The normalized spacial score (nSPS) is 12.6. The first-order valence-electron chi connectivity index (χ1n) is 13.6. The van der Waals surface area contributed by atoms with Crippen LogP contribution in [0.1, 0.15) is 64.8 Å². The van der Waals surface area contributed by atoms with Crippen molar-refractivity contribution in [3.05, 3.63) is 41.5 Å². The Hall–Kier alpha value is -4.68. The van der Waals surface area contributed by atoms with Gasteiger partial charge in [0, 0.05) is 22.8 Å². The van der Waals surface area contributed by atoms with Crippen molar-refractivity contribution in [1.82, 2.24) is 10.6 Å². The van der Waals surface area contributed by atoms with Crippen molar-refractivity contribution in [2.24, 2.45) is 0 Å². The number of nitrogens with one attached hydrogen (secondary N) is 2. The summed E-state index contributed by atoms with van der Waals surface area (Å²) in [5, 5.41) is 5.11. The lowest BCUT2D eigenvalue weighted by Gasteiger charge is -2.26. The van der Waals surface area contributed by atoms with Crippen molar-refractivity contribution < 1.29 is 52.3 Å². The third-order valence-corrected chi connectivity index (χ3v) is 5.89. The molecule has 0 aromatic heterocycles. The Bertz CT molecular complexity index is 1360. The van der Waals surface area contributed by atoms with Crippen molar-refractivity contribution in [2.75, 3.05) is 35.5 Å². The van der Waals surface area contributed by atoms with Crippen molar-refractivity contribution in [1.29, 1.82) is 0 Å². The van der Waals surface area contributed by atoms with E-state index in [1.165, 1.54) is 41.6 Å². The highest BCUT2D eigenvalue weighted by molar-refractivity contribution is 5.90. The summed E-state index contributed by atoms with van der Waals surface area (Å²) in [4.78, 5) is 51.6. The second-order valence-corrected chi connectivity index (χ2v) is 11.5. The number of methoxy groups -OCH3 is 5. The predicted octanol–water partition coefficient (Wildman–Crippen LogP) is 4.86. The van der Waals surface area contributed by atoms with Crippen LogP contribution in [0.2, 0.25) is 0 Å². The summed E-state index contributed by atoms with van der Waals surface area (Å²) in [7, 11) is 6.63. The van der Waals surface area contributed by atoms with Gasteiger partial charge in [0.2, 0.25) is 0 Å². The van der Waals surface area contributed by atoms with E-state index in [-0.39, 0.29) is 16.9 Å². The molecule has 0 bridgehead atoms. The van der Waals surface area contributed by atoms with E-state index in [2.05, 4.69) is 10.6 Å². The Morgan fingerprint density at radius 1 is 0.636 bits per heavy atom. The van der Waals surface area contributed by atoms with Crippen LogP contribution >= 0.6 is 0 Å². The number of benzene rings is 2. The molecule has 44 heavy (non-hydrogen) atoms. The first-order chi connectivity index (χ1) is 20.5. The lowest BCUT2D eigenvalue weighted by molar-refractivity contribution is -0.144. The highest BCUT2D eigenvalue weighted by Gasteiger charge is 2.33. The maximum atomic E-state index is 13.2. The summed E-state index contributed by atoms with van der Waals surface area (Å²) >= 11 is 0. The van der Waals surface area contributed by atoms with Crippen LogP contribution in [0.25, 0.3) is 11.1 Å². The summed E-state index contributed by atoms with van der Waals surface area (Å²) in [5.41, 5.74) is -0.577. The van der Waals surface area contributed by atoms with Crippen molar-refractivity contribution in [3.8, 4) is 28.4 Å². The van der Waals surface area contributed by atoms with Crippen LogP contribution in [0.15, 0.2) is 30.3 Å². The molecule has 2 aromatic rings. The van der Waals surface area contributed by atoms with E-state index in [1.54, 1.807) is 65.8 Å². The van der Waals surface area contributed by atoms with Crippen LogP contribution < -0.4 is 24.8 Å². The Morgan fingerprint density at radius 3 is 1.59 bits per heavy atom. The van der Waals surface area contributed by atoms with Gasteiger partial charge in [0.1, 0.15) is 28.5 Å². The lowest BCUT2D eigenvalue weighted by Crippen LogP contribution is -2.39. The van der Waals surface area contributed by atoms with E-state index in [0.29, 0.717) is 22.6 Å². The Labute approximate surface area is 257 Å². The second-order valence-electron chi connectivity index (χ2n) is 11.5. The van der Waals surface area contributed by atoms with Crippen molar-refractivity contribution in [2.45, 2.75) is 64.8 Å². The number of hydrogen-bond acceptors (Lipinski definition) is 11. The molecule has 0 aliphatic rings. The minimum atomic E-state index is -1.40. The topological polar surface area (TPSA) is 157 Å². The van der Waals surface area contributed by atoms with E-state index in [0.717, 1.165) is 0 Å². The van der Waals surface area contributed by atoms with Gasteiger partial charge in [-0.05, 0) is 65.3 Å². The monoisotopic (exact) mass is 618 g/mol. The summed E-state index contributed by atoms with van der Waals surface area (Å²) in [6.07, 6.45) is -1.73. The number of esters is 2. The van der Waals surface area contributed by atoms with E-state index >= 15 is 0 Å². The third-order valence-electron chi connectivity index (χ3n) is 5.89. The molecule has 0 saturated carbocycles. The van der Waals surface area contributed by atoms with Crippen LogP contribution in [-0.4, -0.2) is 70.9 Å². The summed E-state index contributed by atoms with van der Waals surface area (Å²) in [6, 6.07) is 5.10. The van der Waals surface area contributed by atoms with Crippen molar-refractivity contribution >= 4 is 24.1 Å². The molecule has 0 spiro atoms. The molecule has 13 heteroatoms. The first-order valence-corrected chi connectivity index (χ1v) is 13.6. The fraction of sp³-hybridized carbons (Fsp3) is 0.484. The molecule has 2 atom stereocenters. The number of carbonyl (C=O) groups excluding carboxylic acids is 4. The summed E-state index contributed by atoms with van der Waals surface area (Å²) in [5.74, 6) is -0.756. The zero-order chi connectivity index (χ0) is 33.4. The van der Waals surface area contributed by atoms with Gasteiger partial charge in [-0.25, -0.2) is 19.2 Å². The van der Waals surface area contributed by atoms with Gasteiger partial charge in [-0.15, -0.1) is 0 Å². The molecule has 242 valence electrons. The van der Waals surface area contributed by atoms with Gasteiger partial charge < -0.3 is 43.8 Å². The first kappa shape index (κ1) is 35.5. The summed E-state index contributed by atoms with van der Waals surface area (Å²) in [6.45, 7) is 10.1. The van der Waals surface area contributed by atoms with Crippen molar-refractivity contribution in [3.63, 3.8) is 0 Å². The molecule has 2 aromatic carbocycles. The minimum absolute atomic E-state index is 0.198. The molecule has 0 heterocycles. The Balaban J connectivity index is 2.88. The van der Waals surface area contributed by atoms with Crippen LogP contribution in [0.3, 0.4) is 0 Å². The molecular weight excluding hydrogens is 576 g/mol. The number of hydrogen-bond donors (Lipinski definition) is 2. The van der Waals surface area contributed by atoms with E-state index in [9.17, 15) is 19.2 Å². The van der Waals surface area contributed by atoms with Crippen LogP contribution in [0.5, 0.6) is 17.2 Å². The third kappa shape index (κ3) is 9.41. The molecule has 0 aliphatic carbocycles. The smallest absolute Gasteiger partial charge is 0.408 e. The second kappa shape index (κ2) is 14.7. The minimum Gasteiger partial charge on any atom is -0.497 e. The molecule has 2 N–H and O–H groups in total. The zero-order valence-electron chi connectivity index (χ0n) is 27.0. The maximum Gasteiger partial charge on any atom is 0.408 e. The Kier molecular flexibility index (Phi) is 11.8. The van der Waals surface area contributed by atoms with Gasteiger partial charge in [0.25, 0.3) is 0 Å². The van der Waals surface area contributed by atoms with Gasteiger partial charge in [-0.2, -0.15) is 0 Å². The average Bonchev–Trinajstić information content (AvgIpc) is 2.94. The predicted molar refractivity (Wildman–Crippen MR) is 160 cm³/mol. The lowest BCUT2D eigenvalue weighted by atomic mass is 9.90. The SMILES string of the molecule is COC(=O)[C@@H](NC(=O)OC(C)(C)C)c1cc(OC)cc(OC)c1-c1cc([C@@H](NC(=O)OC(C)(C)C)C(=O)OC)ccc1OC. The van der Waals surface area contributed by atoms with E-state index in [1.807, 2.05) is 0 Å². The van der Waals surface area contributed by atoms with Gasteiger partial charge in [0.05, 0.1) is 35.5 Å².